The molecule has 6 heteroatoms. The highest BCUT2D eigenvalue weighted by atomic mass is 16.5. The second-order valence-electron chi connectivity index (χ2n) is 17.3. The first-order chi connectivity index (χ1) is 32.0. The van der Waals surface area contributed by atoms with E-state index >= 15 is 0 Å². The van der Waals surface area contributed by atoms with Crippen molar-refractivity contribution in [2.75, 3.05) is 6.61 Å². The van der Waals surface area contributed by atoms with E-state index in [1.807, 2.05) is 42.5 Å². The molecule has 0 radical (unpaired) electrons. The van der Waals surface area contributed by atoms with E-state index in [9.17, 15) is 19.8 Å². The van der Waals surface area contributed by atoms with E-state index in [0.29, 0.717) is 19.3 Å². The fourth-order valence-corrected chi connectivity index (χ4v) is 7.24. The van der Waals surface area contributed by atoms with Crippen molar-refractivity contribution in [3.63, 3.8) is 0 Å². The molecule has 0 heterocycles. The fourth-order valence-electron chi connectivity index (χ4n) is 7.24. The number of unbranched alkanes of at least 4 members (excludes halogenated alkanes) is 16. The maximum atomic E-state index is 13.2. The van der Waals surface area contributed by atoms with Crippen LogP contribution in [0, 0.1) is 0 Å². The van der Waals surface area contributed by atoms with Gasteiger partial charge in [0.25, 0.3) is 0 Å². The Balaban J connectivity index is 4.69. The van der Waals surface area contributed by atoms with Crippen molar-refractivity contribution in [3.8, 4) is 0 Å². The van der Waals surface area contributed by atoms with E-state index < -0.39 is 18.2 Å². The minimum Gasteiger partial charge on any atom is -0.462 e. The lowest BCUT2D eigenvalue weighted by Crippen LogP contribution is -2.46. The number of esters is 1. The molecule has 0 fully saturated rings. The van der Waals surface area contributed by atoms with Crippen LogP contribution in [0.25, 0.3) is 0 Å². The average Bonchev–Trinajstić information content (AvgIpc) is 3.30. The Kier molecular flexibility index (Phi) is 48.3. The summed E-state index contributed by atoms with van der Waals surface area (Å²) in [4.78, 5) is 26.1. The van der Waals surface area contributed by atoms with Crippen LogP contribution in [-0.2, 0) is 14.3 Å². The van der Waals surface area contributed by atoms with Gasteiger partial charge in [0.2, 0.25) is 5.91 Å². The van der Waals surface area contributed by atoms with Crippen molar-refractivity contribution in [1.82, 2.24) is 5.32 Å². The summed E-state index contributed by atoms with van der Waals surface area (Å²) in [5.41, 5.74) is 0. The van der Waals surface area contributed by atoms with Gasteiger partial charge in [0, 0.05) is 6.42 Å². The van der Waals surface area contributed by atoms with Crippen LogP contribution >= 0.6 is 0 Å². The van der Waals surface area contributed by atoms with Crippen LogP contribution in [-0.4, -0.2) is 46.9 Å². The number of amides is 1. The summed E-state index contributed by atoms with van der Waals surface area (Å²) < 4.78 is 5.85. The second-order valence-corrected chi connectivity index (χ2v) is 17.3. The molecule has 6 nitrogen and oxygen atoms in total. The number of hydrogen-bond acceptors (Lipinski definition) is 5. The molecule has 65 heavy (non-hydrogen) atoms. The summed E-state index contributed by atoms with van der Waals surface area (Å²) in [6.45, 7) is 6.18. The molecule has 0 aromatic rings. The van der Waals surface area contributed by atoms with Crippen LogP contribution < -0.4 is 5.32 Å². The van der Waals surface area contributed by atoms with Gasteiger partial charge in [-0.05, 0) is 77.0 Å². The Morgan fingerprint density at radius 3 is 1.38 bits per heavy atom. The molecule has 0 aliphatic rings. The van der Waals surface area contributed by atoms with Gasteiger partial charge in [-0.15, -0.1) is 0 Å². The predicted molar refractivity (Wildman–Crippen MR) is 282 cm³/mol. The molecule has 0 spiro atoms. The highest BCUT2D eigenvalue weighted by molar-refractivity contribution is 5.77. The van der Waals surface area contributed by atoms with Crippen molar-refractivity contribution >= 4 is 11.9 Å². The smallest absolute Gasteiger partial charge is 0.306 e. The third-order valence-corrected chi connectivity index (χ3v) is 11.1. The van der Waals surface area contributed by atoms with Crippen LogP contribution in [0.3, 0.4) is 0 Å². The molecule has 3 unspecified atom stereocenters. The van der Waals surface area contributed by atoms with Gasteiger partial charge in [-0.2, -0.15) is 0 Å². The SMILES string of the molecule is CC/C=C\C/C=C\C/C=C\C/C=C\C/C=C\C/C=C\CCC(=O)OC(CCC\C=C/C=C\C=C\C=C\CC)CC(=O)NC(CO)C(O)CCCCCCCCCCCCCCCCCC. The lowest BCUT2D eigenvalue weighted by Gasteiger charge is -2.24. The lowest BCUT2D eigenvalue weighted by molar-refractivity contribution is -0.150. The maximum absolute atomic E-state index is 13.2. The molecule has 3 N–H and O–H groups in total. The number of rotatable bonds is 45. The van der Waals surface area contributed by atoms with Gasteiger partial charge in [0.1, 0.15) is 6.10 Å². The Labute approximate surface area is 400 Å². The van der Waals surface area contributed by atoms with Gasteiger partial charge in [-0.1, -0.05) is 245 Å². The van der Waals surface area contributed by atoms with Gasteiger partial charge >= 0.3 is 5.97 Å². The first kappa shape index (κ1) is 61.3. The van der Waals surface area contributed by atoms with E-state index in [4.69, 9.17) is 4.74 Å². The normalized spacial score (nSPS) is 14.2. The molecule has 1 amide bonds. The predicted octanol–water partition coefficient (Wildman–Crippen LogP) is 16.1. The highest BCUT2D eigenvalue weighted by Gasteiger charge is 2.23. The largest absolute Gasteiger partial charge is 0.462 e. The van der Waals surface area contributed by atoms with Crippen molar-refractivity contribution in [2.24, 2.45) is 0 Å². The number of nitrogens with one attached hydrogen (secondary N) is 1. The van der Waals surface area contributed by atoms with Crippen LogP contribution in [0.15, 0.2) is 122 Å². The fraction of sp³-hybridized carbons (Fsp3) is 0.627. The van der Waals surface area contributed by atoms with E-state index in [1.54, 1.807) is 0 Å². The lowest BCUT2D eigenvalue weighted by atomic mass is 10.0. The molecule has 368 valence electrons. The third kappa shape index (κ3) is 46.6. The number of allylic oxidation sites excluding steroid dienone is 20. The van der Waals surface area contributed by atoms with Crippen molar-refractivity contribution in [1.29, 1.82) is 0 Å². The number of aliphatic hydroxyl groups excluding tert-OH is 2. The minimum atomic E-state index is -0.825. The Morgan fingerprint density at radius 2 is 0.908 bits per heavy atom. The van der Waals surface area contributed by atoms with Gasteiger partial charge in [0.15, 0.2) is 0 Å². The number of hydrogen-bond donors (Lipinski definition) is 3. The van der Waals surface area contributed by atoms with Crippen LogP contribution in [0.4, 0.5) is 0 Å². The first-order valence-electron chi connectivity index (χ1n) is 26.3. The summed E-state index contributed by atoms with van der Waals surface area (Å²) >= 11 is 0. The van der Waals surface area contributed by atoms with Crippen LogP contribution in [0.5, 0.6) is 0 Å². The van der Waals surface area contributed by atoms with E-state index in [-0.39, 0.29) is 31.3 Å². The van der Waals surface area contributed by atoms with E-state index in [0.717, 1.165) is 77.0 Å². The molecule has 0 bridgehead atoms. The standard InChI is InChI=1S/C59H97NO5/c1-4-7-10-13-16-19-22-24-26-28-29-30-32-34-37-40-43-46-49-52-59(64)65-55(50-47-44-41-38-35-21-18-15-12-9-6-3)53-58(63)60-56(54-61)57(62)51-48-45-42-39-36-33-31-27-25-23-20-17-14-11-8-5-2/h7,9-10,12,15-16,18-19,21,24,26,29-30,34-35,37-38,41,43,46,55-57,61-62H,4-6,8,11,13-14,17,20,22-23,25,27-28,31-33,36,39-40,42,44-45,47-54H2,1-3H3,(H,60,63)/b10-7-,12-9+,18-15+,19-16-,26-24-,30-29-,35-21-,37-34-,41-38-,46-43-. The maximum Gasteiger partial charge on any atom is 0.306 e. The third-order valence-electron chi connectivity index (χ3n) is 11.1. The molecule has 0 rings (SSSR count). The quantitative estimate of drug-likeness (QED) is 0.0245. The minimum absolute atomic E-state index is 0.00634. The highest BCUT2D eigenvalue weighted by Crippen LogP contribution is 2.16. The Morgan fingerprint density at radius 1 is 0.477 bits per heavy atom. The number of ether oxygens (including phenoxy) is 1. The van der Waals surface area contributed by atoms with Gasteiger partial charge < -0.3 is 20.3 Å². The monoisotopic (exact) mass is 900 g/mol. The van der Waals surface area contributed by atoms with Crippen molar-refractivity contribution < 1.29 is 24.5 Å². The van der Waals surface area contributed by atoms with Crippen molar-refractivity contribution in [3.05, 3.63) is 122 Å². The molecule has 3 atom stereocenters. The van der Waals surface area contributed by atoms with E-state index in [2.05, 4.69) is 105 Å². The summed E-state index contributed by atoms with van der Waals surface area (Å²) in [6.07, 6.45) is 71.4. The van der Waals surface area contributed by atoms with Crippen LogP contribution in [0.2, 0.25) is 0 Å². The molecule has 0 aromatic carbocycles. The summed E-state index contributed by atoms with van der Waals surface area (Å²) in [5, 5.41) is 23.7. The molecular formula is C59H97NO5. The van der Waals surface area contributed by atoms with Crippen LogP contribution in [0.1, 0.15) is 213 Å². The Bertz CT molecular complexity index is 1380. The summed E-state index contributed by atoms with van der Waals surface area (Å²) in [7, 11) is 0. The molecule has 0 saturated carbocycles. The van der Waals surface area contributed by atoms with Gasteiger partial charge in [-0.3, -0.25) is 9.59 Å². The number of aliphatic hydroxyl groups is 2. The zero-order chi connectivity index (χ0) is 47.4. The number of carbonyl (C=O) groups excluding carboxylic acids is 2. The van der Waals surface area contributed by atoms with Gasteiger partial charge in [0.05, 0.1) is 25.2 Å². The first-order valence-corrected chi connectivity index (χ1v) is 26.3. The topological polar surface area (TPSA) is 95.9 Å². The molecular weight excluding hydrogens is 803 g/mol. The molecule has 0 aromatic heterocycles. The average molecular weight is 900 g/mol. The Hall–Kier alpha value is -3.74. The molecule has 0 aliphatic carbocycles. The molecule has 0 saturated heterocycles. The zero-order valence-electron chi connectivity index (χ0n) is 41.8. The summed E-state index contributed by atoms with van der Waals surface area (Å²) in [5.74, 6) is -0.654. The molecule has 0 aliphatic heterocycles. The zero-order valence-corrected chi connectivity index (χ0v) is 41.8. The van der Waals surface area contributed by atoms with E-state index in [1.165, 1.54) is 83.5 Å². The second kappa shape index (κ2) is 51.2. The van der Waals surface area contributed by atoms with Crippen molar-refractivity contribution in [2.45, 2.75) is 232 Å². The van der Waals surface area contributed by atoms with Gasteiger partial charge in [-0.25, -0.2) is 0 Å². The number of carbonyl (C=O) groups is 2. The summed E-state index contributed by atoms with van der Waals surface area (Å²) in [6, 6.07) is -0.746.